The van der Waals surface area contributed by atoms with Crippen LogP contribution in [0, 0.1) is 6.92 Å². The average molecular weight is 232 g/mol. The van der Waals surface area contributed by atoms with Crippen LogP contribution in [-0.4, -0.2) is 12.0 Å². The van der Waals surface area contributed by atoms with Crippen molar-refractivity contribution in [2.24, 2.45) is 10.8 Å². The maximum absolute atomic E-state index is 5.47. The molecule has 1 saturated carbocycles. The minimum Gasteiger partial charge on any atom is -0.349 e. The SMILES string of the molecule is Cc1ccccc1C(C)NC(=NC1CC1)NN. The Bertz CT molecular complexity index is 410. The summed E-state index contributed by atoms with van der Waals surface area (Å²) in [6.07, 6.45) is 2.34. The molecular formula is C13H20N4. The van der Waals surface area contributed by atoms with Crippen molar-refractivity contribution >= 4 is 5.96 Å². The van der Waals surface area contributed by atoms with Gasteiger partial charge in [0.2, 0.25) is 5.96 Å². The van der Waals surface area contributed by atoms with Gasteiger partial charge >= 0.3 is 0 Å². The van der Waals surface area contributed by atoms with Crippen molar-refractivity contribution in [1.29, 1.82) is 0 Å². The maximum Gasteiger partial charge on any atom is 0.206 e. The molecular weight excluding hydrogens is 212 g/mol. The predicted octanol–water partition coefficient (Wildman–Crippen LogP) is 1.63. The molecule has 1 aliphatic carbocycles. The van der Waals surface area contributed by atoms with E-state index in [0.29, 0.717) is 12.0 Å². The first-order valence-corrected chi connectivity index (χ1v) is 6.07. The summed E-state index contributed by atoms with van der Waals surface area (Å²) >= 11 is 0. The number of rotatable bonds is 3. The molecule has 0 heterocycles. The number of guanidine groups is 1. The summed E-state index contributed by atoms with van der Waals surface area (Å²) in [6.45, 7) is 4.23. The molecule has 0 bridgehead atoms. The van der Waals surface area contributed by atoms with Gasteiger partial charge in [-0.05, 0) is 37.8 Å². The Labute approximate surface area is 102 Å². The van der Waals surface area contributed by atoms with Gasteiger partial charge in [0.15, 0.2) is 0 Å². The highest BCUT2D eigenvalue weighted by Gasteiger charge is 2.21. The van der Waals surface area contributed by atoms with E-state index in [4.69, 9.17) is 5.84 Å². The van der Waals surface area contributed by atoms with E-state index >= 15 is 0 Å². The zero-order valence-electron chi connectivity index (χ0n) is 10.4. The summed E-state index contributed by atoms with van der Waals surface area (Å²) in [5, 5.41) is 3.31. The molecule has 2 rings (SSSR count). The van der Waals surface area contributed by atoms with Crippen LogP contribution in [0.4, 0.5) is 0 Å². The summed E-state index contributed by atoms with van der Waals surface area (Å²) in [6, 6.07) is 8.99. The molecule has 1 unspecified atom stereocenters. The van der Waals surface area contributed by atoms with Gasteiger partial charge in [-0.15, -0.1) is 0 Å². The number of hydrogen-bond donors (Lipinski definition) is 3. The molecule has 1 aromatic rings. The van der Waals surface area contributed by atoms with Gasteiger partial charge in [-0.3, -0.25) is 5.43 Å². The zero-order valence-corrected chi connectivity index (χ0v) is 10.4. The lowest BCUT2D eigenvalue weighted by Crippen LogP contribution is -2.43. The molecule has 0 amide bonds. The molecule has 0 radical (unpaired) electrons. The van der Waals surface area contributed by atoms with Crippen molar-refractivity contribution in [1.82, 2.24) is 10.7 Å². The van der Waals surface area contributed by atoms with Crippen LogP contribution < -0.4 is 16.6 Å². The van der Waals surface area contributed by atoms with Crippen LogP contribution in [0.2, 0.25) is 0 Å². The summed E-state index contributed by atoms with van der Waals surface area (Å²) in [5.41, 5.74) is 5.18. The van der Waals surface area contributed by atoms with Crippen LogP contribution >= 0.6 is 0 Å². The van der Waals surface area contributed by atoms with Gasteiger partial charge in [0.1, 0.15) is 0 Å². The minimum absolute atomic E-state index is 0.199. The molecule has 4 N–H and O–H groups in total. The van der Waals surface area contributed by atoms with Crippen molar-refractivity contribution < 1.29 is 0 Å². The third-order valence-electron chi connectivity index (χ3n) is 3.00. The second kappa shape index (κ2) is 5.19. The fraction of sp³-hybridized carbons (Fsp3) is 0.462. The Kier molecular flexibility index (Phi) is 3.64. The van der Waals surface area contributed by atoms with Crippen LogP contribution in [0.1, 0.15) is 36.9 Å². The van der Waals surface area contributed by atoms with Crippen LogP contribution in [0.3, 0.4) is 0 Å². The van der Waals surface area contributed by atoms with Crippen LogP contribution in [0.5, 0.6) is 0 Å². The molecule has 0 aliphatic heterocycles. The number of hydrazine groups is 1. The highest BCUT2D eigenvalue weighted by Crippen LogP contribution is 2.23. The second-order valence-corrected chi connectivity index (χ2v) is 4.58. The smallest absolute Gasteiger partial charge is 0.206 e. The first-order chi connectivity index (χ1) is 8.20. The van der Waals surface area contributed by atoms with Gasteiger partial charge in [-0.2, -0.15) is 0 Å². The lowest BCUT2D eigenvalue weighted by atomic mass is 10.0. The van der Waals surface area contributed by atoms with E-state index in [0.717, 1.165) is 0 Å². The van der Waals surface area contributed by atoms with E-state index in [-0.39, 0.29) is 6.04 Å². The molecule has 0 spiro atoms. The van der Waals surface area contributed by atoms with Crippen molar-refractivity contribution in [3.63, 3.8) is 0 Å². The fourth-order valence-electron chi connectivity index (χ4n) is 1.86. The molecule has 0 saturated heterocycles. The van der Waals surface area contributed by atoms with Gasteiger partial charge in [0.05, 0.1) is 12.1 Å². The number of aryl methyl sites for hydroxylation is 1. The number of nitrogens with one attached hydrogen (secondary N) is 2. The van der Waals surface area contributed by atoms with Crippen molar-refractivity contribution in [3.05, 3.63) is 35.4 Å². The van der Waals surface area contributed by atoms with Crippen molar-refractivity contribution in [3.8, 4) is 0 Å². The first-order valence-electron chi connectivity index (χ1n) is 6.07. The lowest BCUT2D eigenvalue weighted by molar-refractivity contribution is 0.683. The largest absolute Gasteiger partial charge is 0.349 e. The minimum atomic E-state index is 0.199. The molecule has 92 valence electrons. The van der Waals surface area contributed by atoms with Gasteiger partial charge in [-0.25, -0.2) is 10.8 Å². The van der Waals surface area contributed by atoms with Gasteiger partial charge < -0.3 is 5.32 Å². The quantitative estimate of drug-likeness (QED) is 0.321. The topological polar surface area (TPSA) is 62.4 Å². The van der Waals surface area contributed by atoms with Crippen LogP contribution in [0.15, 0.2) is 29.3 Å². The highest BCUT2D eigenvalue weighted by molar-refractivity contribution is 5.80. The first kappa shape index (κ1) is 11.9. The predicted molar refractivity (Wildman–Crippen MR) is 70.5 cm³/mol. The monoisotopic (exact) mass is 232 g/mol. The molecule has 1 fully saturated rings. The summed E-state index contributed by atoms with van der Waals surface area (Å²) in [4.78, 5) is 4.47. The Morgan fingerprint density at radius 3 is 2.71 bits per heavy atom. The molecule has 1 atom stereocenters. The molecule has 1 aromatic carbocycles. The Morgan fingerprint density at radius 2 is 2.12 bits per heavy atom. The van der Waals surface area contributed by atoms with E-state index in [1.807, 2.05) is 12.1 Å². The van der Waals surface area contributed by atoms with Gasteiger partial charge in [-0.1, -0.05) is 24.3 Å². The normalized spacial score (nSPS) is 17.7. The fourth-order valence-corrected chi connectivity index (χ4v) is 1.86. The van der Waals surface area contributed by atoms with E-state index in [9.17, 15) is 0 Å². The van der Waals surface area contributed by atoms with E-state index < -0.39 is 0 Å². The molecule has 4 heteroatoms. The number of hydrogen-bond acceptors (Lipinski definition) is 2. The lowest BCUT2D eigenvalue weighted by Gasteiger charge is -2.18. The Balaban J connectivity index is 2.04. The second-order valence-electron chi connectivity index (χ2n) is 4.58. The summed E-state index contributed by atoms with van der Waals surface area (Å²) < 4.78 is 0. The standard InChI is InChI=1S/C13H20N4/c1-9-5-3-4-6-12(9)10(2)15-13(17-14)16-11-7-8-11/h3-6,10-11H,7-8,14H2,1-2H3,(H2,15,16,17). The van der Waals surface area contributed by atoms with E-state index in [2.05, 4.69) is 41.7 Å². The van der Waals surface area contributed by atoms with E-state index in [1.54, 1.807) is 0 Å². The van der Waals surface area contributed by atoms with Gasteiger partial charge in [0, 0.05) is 0 Å². The Morgan fingerprint density at radius 1 is 1.41 bits per heavy atom. The maximum atomic E-state index is 5.47. The van der Waals surface area contributed by atoms with Crippen LogP contribution in [-0.2, 0) is 0 Å². The summed E-state index contributed by atoms with van der Waals surface area (Å²) in [7, 11) is 0. The molecule has 17 heavy (non-hydrogen) atoms. The number of nitrogens with zero attached hydrogens (tertiary/aromatic N) is 1. The molecule has 0 aromatic heterocycles. The molecule has 4 nitrogen and oxygen atoms in total. The van der Waals surface area contributed by atoms with Crippen molar-refractivity contribution in [2.75, 3.05) is 0 Å². The number of benzene rings is 1. The average Bonchev–Trinajstić information content (AvgIpc) is 3.12. The summed E-state index contributed by atoms with van der Waals surface area (Å²) in [5.74, 6) is 6.15. The number of aliphatic imine (C=N–C) groups is 1. The van der Waals surface area contributed by atoms with Crippen LogP contribution in [0.25, 0.3) is 0 Å². The number of nitrogens with two attached hydrogens (primary N) is 1. The zero-order chi connectivity index (χ0) is 12.3. The van der Waals surface area contributed by atoms with Gasteiger partial charge in [0.25, 0.3) is 0 Å². The molecule has 1 aliphatic rings. The third kappa shape index (κ3) is 3.20. The Hall–Kier alpha value is -1.55. The van der Waals surface area contributed by atoms with Crippen molar-refractivity contribution in [2.45, 2.75) is 38.8 Å². The third-order valence-corrected chi connectivity index (χ3v) is 3.00. The van der Waals surface area contributed by atoms with E-state index in [1.165, 1.54) is 24.0 Å². The highest BCUT2D eigenvalue weighted by atomic mass is 15.3.